The molecule has 5 rings (SSSR count). The van der Waals surface area contributed by atoms with Gasteiger partial charge in [-0.2, -0.15) is 0 Å². The summed E-state index contributed by atoms with van der Waals surface area (Å²) in [6.45, 7) is 4.24. The molecule has 0 spiro atoms. The van der Waals surface area contributed by atoms with E-state index in [1.807, 2.05) is 54.6 Å². The summed E-state index contributed by atoms with van der Waals surface area (Å²) in [5, 5.41) is 2.98. The summed E-state index contributed by atoms with van der Waals surface area (Å²) in [7, 11) is 0. The Kier molecular flexibility index (Phi) is 4.61. The van der Waals surface area contributed by atoms with Crippen molar-refractivity contribution < 1.29 is 14.3 Å². The summed E-state index contributed by atoms with van der Waals surface area (Å²) < 4.78 is 6.60. The van der Waals surface area contributed by atoms with Crippen LogP contribution in [0.3, 0.4) is 0 Å². The average Bonchev–Trinajstić information content (AvgIpc) is 2.77. The molecular formula is C25H26N2O3. The van der Waals surface area contributed by atoms with Crippen molar-refractivity contribution in [1.82, 2.24) is 4.90 Å². The quantitative estimate of drug-likeness (QED) is 0.612. The first-order valence-corrected chi connectivity index (χ1v) is 10.7. The zero-order valence-electron chi connectivity index (χ0n) is 16.9. The van der Waals surface area contributed by atoms with Crippen molar-refractivity contribution in [1.29, 1.82) is 0 Å². The Hall–Kier alpha value is -3.08. The van der Waals surface area contributed by atoms with Crippen LogP contribution < -0.4 is 10.1 Å². The summed E-state index contributed by atoms with van der Waals surface area (Å²) >= 11 is 0. The lowest BCUT2D eigenvalue weighted by atomic mass is 9.61. The SMILES string of the molecule is C=CCN1C(=O)[C@H](C(=O)Nc2ccccc2)[C@H]2c3ccccc3O[C@@]13CCCC[C@@H]23. The molecule has 1 aliphatic carbocycles. The van der Waals surface area contributed by atoms with Gasteiger partial charge >= 0.3 is 0 Å². The smallest absolute Gasteiger partial charge is 0.239 e. The maximum absolute atomic E-state index is 13.8. The number of para-hydroxylation sites is 2. The molecule has 0 radical (unpaired) electrons. The Bertz CT molecular complexity index is 989. The predicted molar refractivity (Wildman–Crippen MR) is 115 cm³/mol. The molecule has 5 nitrogen and oxygen atoms in total. The zero-order chi connectivity index (χ0) is 20.7. The van der Waals surface area contributed by atoms with Gasteiger partial charge in [0.05, 0.1) is 0 Å². The van der Waals surface area contributed by atoms with Gasteiger partial charge in [0.2, 0.25) is 11.8 Å². The van der Waals surface area contributed by atoms with Crippen molar-refractivity contribution >= 4 is 17.5 Å². The lowest BCUT2D eigenvalue weighted by Gasteiger charge is -2.60. The fourth-order valence-electron chi connectivity index (χ4n) is 5.70. The van der Waals surface area contributed by atoms with Crippen LogP contribution >= 0.6 is 0 Å². The van der Waals surface area contributed by atoms with E-state index in [4.69, 9.17) is 4.74 Å². The molecule has 2 amide bonds. The molecule has 1 saturated heterocycles. The third-order valence-electron chi connectivity index (χ3n) is 6.86. The minimum Gasteiger partial charge on any atom is -0.467 e. The molecule has 2 aromatic carbocycles. The summed E-state index contributed by atoms with van der Waals surface area (Å²) in [4.78, 5) is 29.0. The van der Waals surface area contributed by atoms with Gasteiger partial charge in [0, 0.05) is 30.5 Å². The third kappa shape index (κ3) is 2.76. The summed E-state index contributed by atoms with van der Waals surface area (Å²) in [6, 6.07) is 17.2. The maximum atomic E-state index is 13.8. The van der Waals surface area contributed by atoms with Gasteiger partial charge in [-0.25, -0.2) is 0 Å². The van der Waals surface area contributed by atoms with Crippen molar-refractivity contribution in [2.24, 2.45) is 11.8 Å². The molecular weight excluding hydrogens is 376 g/mol. The van der Waals surface area contributed by atoms with Crippen molar-refractivity contribution in [3.63, 3.8) is 0 Å². The lowest BCUT2D eigenvalue weighted by molar-refractivity contribution is -0.204. The lowest BCUT2D eigenvalue weighted by Crippen LogP contribution is -2.71. The van der Waals surface area contributed by atoms with Gasteiger partial charge in [-0.1, -0.05) is 48.9 Å². The Morgan fingerprint density at radius 1 is 1.17 bits per heavy atom. The standard InChI is InChI=1S/C25H26N2O3/c1-2-16-27-24(29)22(23(28)26-17-10-4-3-5-11-17)21-18-12-6-7-14-20(18)30-25(27)15-9-8-13-19(21)25/h2-7,10-12,14,19,21-22H,1,8-9,13,15-16H2,(H,26,28)/t19-,21-,22-,25+/m0/s1. The second-order valence-electron chi connectivity index (χ2n) is 8.43. The van der Waals surface area contributed by atoms with Crippen LogP contribution in [0.25, 0.3) is 0 Å². The Morgan fingerprint density at radius 2 is 1.93 bits per heavy atom. The van der Waals surface area contributed by atoms with Crippen molar-refractivity contribution in [3.8, 4) is 5.75 Å². The van der Waals surface area contributed by atoms with Crippen LogP contribution in [0.5, 0.6) is 5.75 Å². The number of anilines is 1. The van der Waals surface area contributed by atoms with Gasteiger partial charge in [0.25, 0.3) is 0 Å². The Morgan fingerprint density at radius 3 is 2.73 bits per heavy atom. The summed E-state index contributed by atoms with van der Waals surface area (Å²) in [5.74, 6) is -0.508. The number of carbonyl (C=O) groups is 2. The van der Waals surface area contributed by atoms with E-state index in [0.717, 1.165) is 37.0 Å². The van der Waals surface area contributed by atoms with E-state index < -0.39 is 11.6 Å². The highest BCUT2D eigenvalue weighted by Gasteiger charge is 2.64. The number of hydrogen-bond donors (Lipinski definition) is 1. The first-order chi connectivity index (χ1) is 14.7. The van der Waals surface area contributed by atoms with Crippen LogP contribution in [0.4, 0.5) is 5.69 Å². The number of nitrogens with zero attached hydrogens (tertiary/aromatic N) is 1. The molecule has 5 heteroatoms. The minimum absolute atomic E-state index is 0.0883. The molecule has 3 aliphatic rings. The molecule has 0 unspecified atom stereocenters. The van der Waals surface area contributed by atoms with E-state index >= 15 is 0 Å². The van der Waals surface area contributed by atoms with Gasteiger partial charge in [0.15, 0.2) is 5.72 Å². The number of likely N-dealkylation sites (tertiary alicyclic amines) is 1. The molecule has 2 aromatic rings. The maximum Gasteiger partial charge on any atom is 0.239 e. The highest BCUT2D eigenvalue weighted by Crippen LogP contribution is 2.58. The van der Waals surface area contributed by atoms with Crippen molar-refractivity contribution in [3.05, 3.63) is 72.8 Å². The fourth-order valence-corrected chi connectivity index (χ4v) is 5.70. The Balaban J connectivity index is 1.63. The molecule has 2 heterocycles. The number of ether oxygens (including phenoxy) is 1. The Labute approximate surface area is 176 Å². The normalized spacial score (nSPS) is 29.3. The minimum atomic E-state index is -0.786. The highest BCUT2D eigenvalue weighted by molar-refractivity contribution is 6.08. The van der Waals surface area contributed by atoms with Gasteiger partial charge in [-0.05, 0) is 36.6 Å². The molecule has 1 N–H and O–H groups in total. The largest absolute Gasteiger partial charge is 0.467 e. The predicted octanol–water partition coefficient (Wildman–Crippen LogP) is 4.33. The first-order valence-electron chi connectivity index (χ1n) is 10.7. The summed E-state index contributed by atoms with van der Waals surface area (Å²) in [5.41, 5.74) is 0.984. The van der Waals surface area contributed by atoms with E-state index in [2.05, 4.69) is 11.9 Å². The van der Waals surface area contributed by atoms with Crippen LogP contribution in [-0.2, 0) is 9.59 Å². The van der Waals surface area contributed by atoms with Crippen LogP contribution in [-0.4, -0.2) is 29.0 Å². The topological polar surface area (TPSA) is 58.6 Å². The van der Waals surface area contributed by atoms with Gasteiger partial charge < -0.3 is 10.1 Å². The molecule has 1 saturated carbocycles. The van der Waals surface area contributed by atoms with Crippen molar-refractivity contribution in [2.45, 2.75) is 37.3 Å². The monoisotopic (exact) mass is 402 g/mol. The summed E-state index contributed by atoms with van der Waals surface area (Å²) in [6.07, 6.45) is 5.55. The number of fused-ring (bicyclic) bond motifs is 2. The number of benzene rings is 2. The van der Waals surface area contributed by atoms with Gasteiger partial charge in [-0.3, -0.25) is 14.5 Å². The van der Waals surface area contributed by atoms with Crippen LogP contribution in [0.1, 0.15) is 37.2 Å². The van der Waals surface area contributed by atoms with Gasteiger partial charge in [-0.15, -0.1) is 6.58 Å². The van der Waals surface area contributed by atoms with Crippen LogP contribution in [0, 0.1) is 11.8 Å². The number of nitrogens with one attached hydrogen (secondary N) is 1. The first kappa shape index (κ1) is 18.9. The van der Waals surface area contributed by atoms with E-state index in [-0.39, 0.29) is 23.7 Å². The van der Waals surface area contributed by atoms with Crippen LogP contribution in [0.2, 0.25) is 0 Å². The number of amides is 2. The number of hydrogen-bond acceptors (Lipinski definition) is 3. The molecule has 2 fully saturated rings. The molecule has 154 valence electrons. The number of piperidine rings is 1. The third-order valence-corrected chi connectivity index (χ3v) is 6.86. The molecule has 4 atom stereocenters. The van der Waals surface area contributed by atoms with Gasteiger partial charge in [0.1, 0.15) is 11.7 Å². The van der Waals surface area contributed by atoms with Crippen molar-refractivity contribution in [2.75, 3.05) is 11.9 Å². The number of rotatable bonds is 4. The molecule has 30 heavy (non-hydrogen) atoms. The molecule has 0 aromatic heterocycles. The molecule has 2 bridgehead atoms. The zero-order valence-corrected chi connectivity index (χ0v) is 16.9. The second-order valence-corrected chi connectivity index (χ2v) is 8.43. The fraction of sp³-hybridized carbons (Fsp3) is 0.360. The van der Waals surface area contributed by atoms with E-state index in [1.54, 1.807) is 11.0 Å². The van der Waals surface area contributed by atoms with E-state index in [0.29, 0.717) is 12.2 Å². The second kappa shape index (κ2) is 7.31. The molecule has 2 aliphatic heterocycles. The highest BCUT2D eigenvalue weighted by atomic mass is 16.5. The average molecular weight is 402 g/mol. The van der Waals surface area contributed by atoms with E-state index in [1.165, 1.54) is 0 Å². The van der Waals surface area contributed by atoms with Crippen LogP contribution in [0.15, 0.2) is 67.3 Å². The number of carbonyl (C=O) groups excluding carboxylic acids is 2. The van der Waals surface area contributed by atoms with E-state index in [9.17, 15) is 9.59 Å².